The molecule has 2 rings (SSSR count). The summed E-state index contributed by atoms with van der Waals surface area (Å²) in [6.07, 6.45) is 3.70. The van der Waals surface area contributed by atoms with Crippen LogP contribution in [0.25, 0.3) is 0 Å². The van der Waals surface area contributed by atoms with Gasteiger partial charge in [0.1, 0.15) is 5.82 Å². The molecule has 0 aromatic carbocycles. The summed E-state index contributed by atoms with van der Waals surface area (Å²) in [6.45, 7) is 2.96. The molecule has 0 bridgehead atoms. The summed E-state index contributed by atoms with van der Waals surface area (Å²) in [5, 5.41) is 3.37. The average molecular weight is 205 g/mol. The lowest BCUT2D eigenvalue weighted by Gasteiger charge is -2.16. The molecule has 0 spiro atoms. The van der Waals surface area contributed by atoms with Gasteiger partial charge in [-0.3, -0.25) is 0 Å². The van der Waals surface area contributed by atoms with Crippen LogP contribution in [0.4, 0.5) is 5.82 Å². The summed E-state index contributed by atoms with van der Waals surface area (Å²) >= 11 is 0. The van der Waals surface area contributed by atoms with Crippen molar-refractivity contribution in [2.75, 3.05) is 11.9 Å². The van der Waals surface area contributed by atoms with Crippen LogP contribution in [0.15, 0.2) is 18.2 Å². The van der Waals surface area contributed by atoms with Crippen LogP contribution in [0, 0.1) is 12.8 Å². The Hall–Kier alpha value is -1.09. The van der Waals surface area contributed by atoms with Crippen molar-refractivity contribution in [3.05, 3.63) is 23.9 Å². The number of nitrogens with one attached hydrogen (secondary N) is 1. The fourth-order valence-electron chi connectivity index (χ4n) is 2.20. The van der Waals surface area contributed by atoms with Gasteiger partial charge in [-0.25, -0.2) is 4.98 Å². The zero-order valence-electron chi connectivity index (χ0n) is 9.24. The molecule has 0 saturated heterocycles. The zero-order valence-corrected chi connectivity index (χ0v) is 9.24. The van der Waals surface area contributed by atoms with Crippen molar-refractivity contribution in [2.24, 2.45) is 11.7 Å². The highest BCUT2D eigenvalue weighted by atomic mass is 15.0. The van der Waals surface area contributed by atoms with Crippen molar-refractivity contribution in [1.82, 2.24) is 4.98 Å². The van der Waals surface area contributed by atoms with E-state index in [1.807, 2.05) is 25.1 Å². The Kier molecular flexibility index (Phi) is 3.21. The maximum Gasteiger partial charge on any atom is 0.126 e. The van der Waals surface area contributed by atoms with E-state index in [0.29, 0.717) is 12.0 Å². The molecule has 0 aliphatic heterocycles. The van der Waals surface area contributed by atoms with Gasteiger partial charge in [-0.1, -0.05) is 12.5 Å². The second-order valence-corrected chi connectivity index (χ2v) is 4.40. The maximum atomic E-state index is 6.01. The van der Waals surface area contributed by atoms with E-state index in [0.717, 1.165) is 18.1 Å². The molecule has 1 heterocycles. The number of pyridine rings is 1. The monoisotopic (exact) mass is 205 g/mol. The fraction of sp³-hybridized carbons (Fsp3) is 0.583. The predicted octanol–water partition coefficient (Wildman–Crippen LogP) is 1.93. The first-order valence-corrected chi connectivity index (χ1v) is 5.69. The smallest absolute Gasteiger partial charge is 0.126 e. The first-order valence-electron chi connectivity index (χ1n) is 5.69. The molecule has 0 amide bonds. The van der Waals surface area contributed by atoms with Crippen LogP contribution in [-0.2, 0) is 0 Å². The van der Waals surface area contributed by atoms with Gasteiger partial charge in [-0.15, -0.1) is 0 Å². The molecule has 1 aromatic heterocycles. The second-order valence-electron chi connectivity index (χ2n) is 4.40. The van der Waals surface area contributed by atoms with Gasteiger partial charge in [0, 0.05) is 18.3 Å². The van der Waals surface area contributed by atoms with Gasteiger partial charge in [0.25, 0.3) is 0 Å². The minimum Gasteiger partial charge on any atom is -0.370 e. The highest BCUT2D eigenvalue weighted by molar-refractivity contribution is 5.35. The van der Waals surface area contributed by atoms with Crippen LogP contribution in [0.1, 0.15) is 25.0 Å². The van der Waals surface area contributed by atoms with Crippen LogP contribution in [-0.4, -0.2) is 17.6 Å². The Morgan fingerprint density at radius 1 is 1.47 bits per heavy atom. The highest BCUT2D eigenvalue weighted by Crippen LogP contribution is 2.23. The number of hydrogen-bond donors (Lipinski definition) is 2. The quantitative estimate of drug-likeness (QED) is 0.792. The molecule has 3 nitrogen and oxygen atoms in total. The SMILES string of the molecule is Cc1cccc(NCC2CCCC2N)n1. The summed E-state index contributed by atoms with van der Waals surface area (Å²) in [6, 6.07) is 6.42. The predicted molar refractivity (Wildman–Crippen MR) is 62.8 cm³/mol. The van der Waals surface area contributed by atoms with Crippen LogP contribution >= 0.6 is 0 Å². The maximum absolute atomic E-state index is 6.01. The lowest BCUT2D eigenvalue weighted by molar-refractivity contribution is 0.504. The number of aryl methyl sites for hydroxylation is 1. The number of anilines is 1. The van der Waals surface area contributed by atoms with Gasteiger partial charge in [-0.2, -0.15) is 0 Å². The molecular formula is C12H19N3. The number of aromatic nitrogens is 1. The Balaban J connectivity index is 1.87. The van der Waals surface area contributed by atoms with Gasteiger partial charge >= 0.3 is 0 Å². The van der Waals surface area contributed by atoms with E-state index >= 15 is 0 Å². The summed E-state index contributed by atoms with van der Waals surface area (Å²) in [5.41, 5.74) is 7.06. The van der Waals surface area contributed by atoms with Gasteiger partial charge in [-0.05, 0) is 37.8 Å². The molecule has 1 saturated carbocycles. The zero-order chi connectivity index (χ0) is 10.7. The summed E-state index contributed by atoms with van der Waals surface area (Å²) in [7, 11) is 0. The van der Waals surface area contributed by atoms with Gasteiger partial charge in [0.2, 0.25) is 0 Å². The van der Waals surface area contributed by atoms with E-state index < -0.39 is 0 Å². The third-order valence-electron chi connectivity index (χ3n) is 3.15. The van der Waals surface area contributed by atoms with Crippen molar-refractivity contribution in [3.8, 4) is 0 Å². The van der Waals surface area contributed by atoms with Crippen molar-refractivity contribution in [3.63, 3.8) is 0 Å². The minimum atomic E-state index is 0.377. The first-order chi connectivity index (χ1) is 7.25. The highest BCUT2D eigenvalue weighted by Gasteiger charge is 2.23. The number of hydrogen-bond acceptors (Lipinski definition) is 3. The van der Waals surface area contributed by atoms with E-state index in [1.165, 1.54) is 19.3 Å². The number of nitrogens with zero attached hydrogens (tertiary/aromatic N) is 1. The molecule has 1 aliphatic carbocycles. The molecule has 2 unspecified atom stereocenters. The molecular weight excluding hydrogens is 186 g/mol. The van der Waals surface area contributed by atoms with E-state index in [9.17, 15) is 0 Å². The lowest BCUT2D eigenvalue weighted by atomic mass is 10.1. The molecule has 1 fully saturated rings. The normalized spacial score (nSPS) is 25.5. The number of nitrogens with two attached hydrogens (primary N) is 1. The van der Waals surface area contributed by atoms with Gasteiger partial charge < -0.3 is 11.1 Å². The van der Waals surface area contributed by atoms with Crippen LogP contribution in [0.2, 0.25) is 0 Å². The molecule has 0 radical (unpaired) electrons. The topological polar surface area (TPSA) is 50.9 Å². The number of rotatable bonds is 3. The Bertz CT molecular complexity index is 324. The summed E-state index contributed by atoms with van der Waals surface area (Å²) in [5.74, 6) is 1.58. The fourth-order valence-corrected chi connectivity index (χ4v) is 2.20. The largest absolute Gasteiger partial charge is 0.370 e. The first kappa shape index (κ1) is 10.4. The third-order valence-corrected chi connectivity index (χ3v) is 3.15. The Labute approximate surface area is 91.1 Å². The molecule has 3 heteroatoms. The van der Waals surface area contributed by atoms with E-state index in [4.69, 9.17) is 5.73 Å². The van der Waals surface area contributed by atoms with Crippen molar-refractivity contribution in [1.29, 1.82) is 0 Å². The second kappa shape index (κ2) is 4.62. The summed E-state index contributed by atoms with van der Waals surface area (Å²) in [4.78, 5) is 4.41. The Morgan fingerprint density at radius 2 is 2.33 bits per heavy atom. The summed E-state index contributed by atoms with van der Waals surface area (Å²) < 4.78 is 0. The van der Waals surface area contributed by atoms with Crippen LogP contribution in [0.3, 0.4) is 0 Å². The molecule has 1 aliphatic rings. The molecule has 1 aromatic rings. The van der Waals surface area contributed by atoms with E-state index in [-0.39, 0.29) is 0 Å². The minimum absolute atomic E-state index is 0.377. The van der Waals surface area contributed by atoms with Gasteiger partial charge in [0.05, 0.1) is 0 Å². The van der Waals surface area contributed by atoms with E-state index in [2.05, 4.69) is 10.3 Å². The van der Waals surface area contributed by atoms with Gasteiger partial charge in [0.15, 0.2) is 0 Å². The van der Waals surface area contributed by atoms with Crippen molar-refractivity contribution < 1.29 is 0 Å². The average Bonchev–Trinajstić information content (AvgIpc) is 2.61. The third kappa shape index (κ3) is 2.69. The lowest BCUT2D eigenvalue weighted by Crippen LogP contribution is -2.29. The Morgan fingerprint density at radius 3 is 3.00 bits per heavy atom. The van der Waals surface area contributed by atoms with E-state index in [1.54, 1.807) is 0 Å². The molecule has 3 N–H and O–H groups in total. The van der Waals surface area contributed by atoms with Crippen LogP contribution < -0.4 is 11.1 Å². The standard InChI is InChI=1S/C12H19N3/c1-9-4-2-7-12(15-9)14-8-10-5-3-6-11(10)13/h2,4,7,10-11H,3,5-6,8,13H2,1H3,(H,14,15). The molecule has 2 atom stereocenters. The van der Waals surface area contributed by atoms with Crippen molar-refractivity contribution in [2.45, 2.75) is 32.2 Å². The van der Waals surface area contributed by atoms with Crippen molar-refractivity contribution >= 4 is 5.82 Å². The molecule has 82 valence electrons. The molecule has 15 heavy (non-hydrogen) atoms. The van der Waals surface area contributed by atoms with Crippen LogP contribution in [0.5, 0.6) is 0 Å².